The predicted octanol–water partition coefficient (Wildman–Crippen LogP) is -1.33. The number of hydrogen-bond acceptors (Lipinski definition) is 4. The van der Waals surface area contributed by atoms with Crippen LogP contribution in [0.4, 0.5) is 0 Å². The molecule has 0 radical (unpaired) electrons. The Morgan fingerprint density at radius 2 is 1.93 bits per heavy atom. The Labute approximate surface area is 82.1 Å². The topological polar surface area (TPSA) is 113 Å². The van der Waals surface area contributed by atoms with Gasteiger partial charge in [-0.15, -0.1) is 0 Å². The minimum atomic E-state index is -1.28. The van der Waals surface area contributed by atoms with Gasteiger partial charge in [-0.3, -0.25) is 4.79 Å². The van der Waals surface area contributed by atoms with Gasteiger partial charge < -0.3 is 21.3 Å². The maximum absolute atomic E-state index is 11.1. The summed E-state index contributed by atoms with van der Waals surface area (Å²) in [6.45, 7) is 2.93. The average Bonchev–Trinajstić information content (AvgIpc) is 1.97. The molecule has 3 atom stereocenters. The summed E-state index contributed by atoms with van der Waals surface area (Å²) >= 11 is 0. The quantitative estimate of drug-likeness (QED) is 0.443. The molecule has 0 aromatic carbocycles. The van der Waals surface area contributed by atoms with Gasteiger partial charge in [-0.1, -0.05) is 0 Å². The monoisotopic (exact) mass is 204 g/mol. The number of carbonyl (C=O) groups is 2. The second-order valence-corrected chi connectivity index (χ2v) is 3.31. The third-order valence-corrected chi connectivity index (χ3v) is 1.57. The molecule has 0 aromatic heterocycles. The fourth-order valence-electron chi connectivity index (χ4n) is 0.913. The number of aliphatic carboxylic acids is 1. The Morgan fingerprint density at radius 1 is 1.43 bits per heavy atom. The summed E-state index contributed by atoms with van der Waals surface area (Å²) in [5, 5.41) is 19.8. The molecule has 0 aliphatic rings. The summed E-state index contributed by atoms with van der Waals surface area (Å²) in [7, 11) is 0. The number of hydrogen-bond donors (Lipinski definition) is 4. The van der Waals surface area contributed by atoms with Crippen molar-refractivity contribution in [1.82, 2.24) is 5.32 Å². The van der Waals surface area contributed by atoms with Gasteiger partial charge in [0.2, 0.25) is 5.91 Å². The van der Waals surface area contributed by atoms with Crippen molar-refractivity contribution in [3.63, 3.8) is 0 Å². The molecule has 0 aliphatic carbocycles. The Hall–Kier alpha value is -1.14. The first-order valence-corrected chi connectivity index (χ1v) is 4.30. The SMILES string of the molecule is CC(N)CC(=O)NC(C(=O)O)C(C)O. The summed E-state index contributed by atoms with van der Waals surface area (Å²) in [6, 6.07) is -1.61. The van der Waals surface area contributed by atoms with E-state index in [-0.39, 0.29) is 12.5 Å². The summed E-state index contributed by atoms with van der Waals surface area (Å²) in [5.41, 5.74) is 5.35. The maximum Gasteiger partial charge on any atom is 0.328 e. The molecular weight excluding hydrogens is 188 g/mol. The lowest BCUT2D eigenvalue weighted by atomic mass is 10.1. The highest BCUT2D eigenvalue weighted by atomic mass is 16.4. The van der Waals surface area contributed by atoms with Crippen molar-refractivity contribution in [2.24, 2.45) is 5.73 Å². The van der Waals surface area contributed by atoms with Crippen molar-refractivity contribution in [3.8, 4) is 0 Å². The minimum absolute atomic E-state index is 0.0382. The van der Waals surface area contributed by atoms with Gasteiger partial charge in [0.1, 0.15) is 0 Å². The summed E-state index contributed by atoms with van der Waals surface area (Å²) in [6.07, 6.45) is -1.10. The molecule has 0 rings (SSSR count). The molecule has 6 heteroatoms. The first-order valence-electron chi connectivity index (χ1n) is 4.30. The highest BCUT2D eigenvalue weighted by Crippen LogP contribution is 1.95. The van der Waals surface area contributed by atoms with Crippen molar-refractivity contribution in [3.05, 3.63) is 0 Å². The van der Waals surface area contributed by atoms with Crippen molar-refractivity contribution >= 4 is 11.9 Å². The van der Waals surface area contributed by atoms with E-state index in [0.717, 1.165) is 0 Å². The predicted molar refractivity (Wildman–Crippen MR) is 49.5 cm³/mol. The molecule has 82 valence electrons. The van der Waals surface area contributed by atoms with E-state index < -0.39 is 24.0 Å². The Bertz CT molecular complexity index is 215. The fraction of sp³-hybridized carbons (Fsp3) is 0.750. The van der Waals surface area contributed by atoms with Gasteiger partial charge in [0.15, 0.2) is 6.04 Å². The lowest BCUT2D eigenvalue weighted by Crippen LogP contribution is -2.48. The summed E-state index contributed by atoms with van der Waals surface area (Å²) in [5.74, 6) is -1.74. The van der Waals surface area contributed by atoms with E-state index in [1.807, 2.05) is 0 Å². The molecule has 0 bridgehead atoms. The zero-order valence-corrected chi connectivity index (χ0v) is 8.23. The summed E-state index contributed by atoms with van der Waals surface area (Å²) < 4.78 is 0. The van der Waals surface area contributed by atoms with Crippen LogP contribution in [0.15, 0.2) is 0 Å². The van der Waals surface area contributed by atoms with E-state index in [4.69, 9.17) is 15.9 Å². The molecular formula is C8H16N2O4. The van der Waals surface area contributed by atoms with Crippen molar-refractivity contribution in [2.75, 3.05) is 0 Å². The smallest absolute Gasteiger partial charge is 0.328 e. The Kier molecular flexibility index (Phi) is 5.11. The molecule has 1 amide bonds. The number of nitrogens with one attached hydrogen (secondary N) is 1. The molecule has 5 N–H and O–H groups in total. The van der Waals surface area contributed by atoms with Crippen LogP contribution in [0.5, 0.6) is 0 Å². The molecule has 0 spiro atoms. The molecule has 0 aromatic rings. The van der Waals surface area contributed by atoms with Crippen molar-refractivity contribution in [1.29, 1.82) is 0 Å². The van der Waals surface area contributed by atoms with Gasteiger partial charge in [-0.2, -0.15) is 0 Å². The number of carboxylic acids is 1. The second-order valence-electron chi connectivity index (χ2n) is 3.31. The van der Waals surface area contributed by atoms with Crippen LogP contribution in [-0.4, -0.2) is 40.3 Å². The van der Waals surface area contributed by atoms with Crippen LogP contribution in [0.1, 0.15) is 20.3 Å². The zero-order chi connectivity index (χ0) is 11.3. The van der Waals surface area contributed by atoms with Crippen LogP contribution in [-0.2, 0) is 9.59 Å². The maximum atomic E-state index is 11.1. The lowest BCUT2D eigenvalue weighted by Gasteiger charge is -2.17. The van der Waals surface area contributed by atoms with Gasteiger partial charge in [-0.25, -0.2) is 4.79 Å². The van der Waals surface area contributed by atoms with E-state index in [0.29, 0.717) is 0 Å². The molecule has 6 nitrogen and oxygen atoms in total. The van der Waals surface area contributed by atoms with E-state index in [1.165, 1.54) is 6.92 Å². The molecule has 0 heterocycles. The fourth-order valence-corrected chi connectivity index (χ4v) is 0.913. The third-order valence-electron chi connectivity index (χ3n) is 1.57. The molecule has 0 aliphatic heterocycles. The average molecular weight is 204 g/mol. The molecule has 0 fully saturated rings. The van der Waals surface area contributed by atoms with Crippen LogP contribution in [0.25, 0.3) is 0 Å². The Balaban J connectivity index is 4.17. The van der Waals surface area contributed by atoms with Gasteiger partial charge in [-0.05, 0) is 13.8 Å². The van der Waals surface area contributed by atoms with Crippen LogP contribution in [0, 0.1) is 0 Å². The van der Waals surface area contributed by atoms with Crippen LogP contribution in [0.3, 0.4) is 0 Å². The molecule has 14 heavy (non-hydrogen) atoms. The largest absolute Gasteiger partial charge is 0.480 e. The third kappa shape index (κ3) is 4.78. The molecule has 0 saturated heterocycles. The van der Waals surface area contributed by atoms with E-state index >= 15 is 0 Å². The standard InChI is InChI=1S/C8H16N2O4/c1-4(9)3-6(12)10-7(5(2)11)8(13)14/h4-5,7,11H,3,9H2,1-2H3,(H,10,12)(H,13,14). The van der Waals surface area contributed by atoms with Gasteiger partial charge in [0.05, 0.1) is 6.10 Å². The number of carbonyl (C=O) groups excluding carboxylic acids is 1. The summed E-state index contributed by atoms with van der Waals surface area (Å²) in [4.78, 5) is 21.7. The number of aliphatic hydroxyl groups is 1. The Morgan fingerprint density at radius 3 is 2.21 bits per heavy atom. The first kappa shape index (κ1) is 12.9. The number of nitrogens with two attached hydrogens (primary N) is 1. The van der Waals surface area contributed by atoms with Crippen molar-refractivity contribution in [2.45, 2.75) is 38.5 Å². The number of rotatable bonds is 5. The molecule has 3 unspecified atom stereocenters. The van der Waals surface area contributed by atoms with Gasteiger partial charge in [0, 0.05) is 12.5 Å². The van der Waals surface area contributed by atoms with Crippen molar-refractivity contribution < 1.29 is 19.8 Å². The minimum Gasteiger partial charge on any atom is -0.480 e. The van der Waals surface area contributed by atoms with Gasteiger partial charge in [0.25, 0.3) is 0 Å². The second kappa shape index (κ2) is 5.56. The molecule has 0 saturated carbocycles. The van der Waals surface area contributed by atoms with E-state index in [2.05, 4.69) is 5.32 Å². The highest BCUT2D eigenvalue weighted by molar-refractivity contribution is 5.84. The van der Waals surface area contributed by atoms with E-state index in [1.54, 1.807) is 6.92 Å². The highest BCUT2D eigenvalue weighted by Gasteiger charge is 2.24. The van der Waals surface area contributed by atoms with E-state index in [9.17, 15) is 9.59 Å². The number of carboxylic acid groups (broad SMARTS) is 1. The van der Waals surface area contributed by atoms with Gasteiger partial charge >= 0.3 is 5.97 Å². The van der Waals surface area contributed by atoms with Crippen LogP contribution < -0.4 is 11.1 Å². The van der Waals surface area contributed by atoms with Crippen LogP contribution in [0.2, 0.25) is 0 Å². The first-order chi connectivity index (χ1) is 6.34. The van der Waals surface area contributed by atoms with Crippen LogP contribution >= 0.6 is 0 Å². The number of aliphatic hydroxyl groups excluding tert-OH is 1. The number of amides is 1. The lowest BCUT2D eigenvalue weighted by molar-refractivity contribution is -0.144. The zero-order valence-electron chi connectivity index (χ0n) is 8.23. The normalized spacial score (nSPS) is 16.9.